The quantitative estimate of drug-likeness (QED) is 0.823. The van der Waals surface area contributed by atoms with Crippen molar-refractivity contribution in [2.75, 3.05) is 12.4 Å². The Kier molecular flexibility index (Phi) is 2.15. The summed E-state index contributed by atoms with van der Waals surface area (Å²) in [6.45, 7) is 2.04. The summed E-state index contributed by atoms with van der Waals surface area (Å²) < 4.78 is 5.32. The van der Waals surface area contributed by atoms with Gasteiger partial charge in [0.25, 0.3) is 0 Å². The van der Waals surface area contributed by atoms with Crippen molar-refractivity contribution < 1.29 is 4.74 Å². The maximum Gasteiger partial charge on any atom is 0.186 e. The van der Waals surface area contributed by atoms with Gasteiger partial charge in [-0.25, -0.2) is 9.98 Å². The van der Waals surface area contributed by atoms with Crippen LogP contribution in [0.4, 0.5) is 5.69 Å². The van der Waals surface area contributed by atoms with E-state index in [2.05, 4.69) is 21.4 Å². The summed E-state index contributed by atoms with van der Waals surface area (Å²) in [6, 6.07) is 2.14. The van der Waals surface area contributed by atoms with Crippen LogP contribution in [0.3, 0.4) is 0 Å². The average molecular weight is 233 g/mol. The standard InChI is InChI=1S/C11H11N3OS/c1-6-3-7-8-9(16-11(7)12-4-6)10(15-2)14-5-13-8/h3-5,10H,1-2H3,(H,13,14). The predicted octanol–water partition coefficient (Wildman–Crippen LogP) is 2.70. The SMILES string of the molecule is COC1N=CNc2c1sc1ncc(C)cc21. The summed E-state index contributed by atoms with van der Waals surface area (Å²) in [6.07, 6.45) is 3.37. The van der Waals surface area contributed by atoms with E-state index in [4.69, 9.17) is 4.74 Å². The maximum absolute atomic E-state index is 5.32. The van der Waals surface area contributed by atoms with Gasteiger partial charge in [0.05, 0.1) is 16.9 Å². The highest BCUT2D eigenvalue weighted by atomic mass is 32.1. The summed E-state index contributed by atoms with van der Waals surface area (Å²) in [4.78, 5) is 10.8. The Morgan fingerprint density at radius 3 is 3.19 bits per heavy atom. The summed E-state index contributed by atoms with van der Waals surface area (Å²) in [5.74, 6) is 0. The Morgan fingerprint density at radius 2 is 2.38 bits per heavy atom. The normalized spacial score (nSPS) is 18.5. The number of aromatic nitrogens is 1. The first-order valence-electron chi connectivity index (χ1n) is 4.99. The summed E-state index contributed by atoms with van der Waals surface area (Å²) in [5.41, 5.74) is 2.24. The minimum Gasteiger partial charge on any atom is -0.355 e. The Labute approximate surface area is 97.0 Å². The lowest BCUT2D eigenvalue weighted by Gasteiger charge is -2.15. The number of hydrogen-bond acceptors (Lipinski definition) is 5. The Morgan fingerprint density at radius 1 is 1.50 bits per heavy atom. The number of methoxy groups -OCH3 is 1. The number of nitrogens with one attached hydrogen (secondary N) is 1. The van der Waals surface area contributed by atoms with Crippen LogP contribution in [-0.2, 0) is 4.74 Å². The monoisotopic (exact) mass is 233 g/mol. The van der Waals surface area contributed by atoms with Crippen LogP contribution in [0.1, 0.15) is 16.7 Å². The zero-order valence-electron chi connectivity index (χ0n) is 9.02. The minimum absolute atomic E-state index is 0.198. The number of hydrogen-bond donors (Lipinski definition) is 1. The van der Waals surface area contributed by atoms with Crippen molar-refractivity contribution in [2.24, 2.45) is 4.99 Å². The molecule has 0 saturated heterocycles. The van der Waals surface area contributed by atoms with Gasteiger partial charge >= 0.3 is 0 Å². The fraction of sp³-hybridized carbons (Fsp3) is 0.273. The lowest BCUT2D eigenvalue weighted by Crippen LogP contribution is -2.08. The maximum atomic E-state index is 5.32. The summed E-state index contributed by atoms with van der Waals surface area (Å²) >= 11 is 1.63. The third-order valence-electron chi connectivity index (χ3n) is 2.58. The van der Waals surface area contributed by atoms with Gasteiger partial charge in [-0.1, -0.05) is 0 Å². The average Bonchev–Trinajstić information content (AvgIpc) is 2.67. The van der Waals surface area contributed by atoms with E-state index >= 15 is 0 Å². The molecule has 3 heterocycles. The molecule has 5 heteroatoms. The van der Waals surface area contributed by atoms with Crippen molar-refractivity contribution in [3.05, 3.63) is 22.7 Å². The van der Waals surface area contributed by atoms with E-state index in [1.54, 1.807) is 24.8 Å². The molecule has 1 aliphatic heterocycles. The molecule has 0 spiro atoms. The molecule has 2 aromatic heterocycles. The number of rotatable bonds is 1. The van der Waals surface area contributed by atoms with Gasteiger partial charge in [0, 0.05) is 18.7 Å². The van der Waals surface area contributed by atoms with Crippen LogP contribution in [-0.4, -0.2) is 18.4 Å². The van der Waals surface area contributed by atoms with Crippen LogP contribution in [0.15, 0.2) is 17.3 Å². The van der Waals surface area contributed by atoms with E-state index in [1.165, 1.54) is 0 Å². The number of aliphatic imine (C=N–C) groups is 1. The Bertz CT molecular complexity index is 576. The highest BCUT2D eigenvalue weighted by Crippen LogP contribution is 2.41. The molecule has 82 valence electrons. The third-order valence-corrected chi connectivity index (χ3v) is 3.72. The van der Waals surface area contributed by atoms with E-state index < -0.39 is 0 Å². The van der Waals surface area contributed by atoms with Crippen molar-refractivity contribution >= 4 is 33.6 Å². The molecule has 16 heavy (non-hydrogen) atoms. The highest BCUT2D eigenvalue weighted by molar-refractivity contribution is 7.19. The topological polar surface area (TPSA) is 46.5 Å². The van der Waals surface area contributed by atoms with E-state index in [0.717, 1.165) is 26.3 Å². The van der Waals surface area contributed by atoms with Gasteiger partial charge in [-0.2, -0.15) is 0 Å². The number of thiophene rings is 1. The smallest absolute Gasteiger partial charge is 0.186 e. The largest absolute Gasteiger partial charge is 0.355 e. The molecule has 0 fully saturated rings. The molecule has 1 atom stereocenters. The van der Waals surface area contributed by atoms with E-state index in [0.29, 0.717) is 0 Å². The Hall–Kier alpha value is -1.46. The highest BCUT2D eigenvalue weighted by Gasteiger charge is 2.22. The van der Waals surface area contributed by atoms with Crippen molar-refractivity contribution in [2.45, 2.75) is 13.2 Å². The zero-order valence-corrected chi connectivity index (χ0v) is 9.84. The molecular formula is C11H11N3OS. The third kappa shape index (κ3) is 1.32. The fourth-order valence-corrected chi connectivity index (χ4v) is 2.95. The molecule has 1 N–H and O–H groups in total. The van der Waals surface area contributed by atoms with E-state index in [-0.39, 0.29) is 6.23 Å². The molecule has 3 rings (SSSR count). The molecule has 0 radical (unpaired) electrons. The summed E-state index contributed by atoms with van der Waals surface area (Å²) in [5, 5.41) is 4.32. The second-order valence-electron chi connectivity index (χ2n) is 3.72. The van der Waals surface area contributed by atoms with Crippen molar-refractivity contribution in [3.63, 3.8) is 0 Å². The first-order chi connectivity index (χ1) is 7.79. The predicted molar refractivity (Wildman–Crippen MR) is 66.2 cm³/mol. The van der Waals surface area contributed by atoms with Gasteiger partial charge in [-0.3, -0.25) is 0 Å². The molecule has 0 aliphatic carbocycles. The number of anilines is 1. The van der Waals surface area contributed by atoms with Crippen LogP contribution in [0.25, 0.3) is 10.2 Å². The number of fused-ring (bicyclic) bond motifs is 3. The van der Waals surface area contributed by atoms with Gasteiger partial charge < -0.3 is 10.1 Å². The minimum atomic E-state index is -0.198. The van der Waals surface area contributed by atoms with Crippen LogP contribution in [0.5, 0.6) is 0 Å². The fourth-order valence-electron chi connectivity index (χ4n) is 1.83. The second kappa shape index (κ2) is 3.54. The lowest BCUT2D eigenvalue weighted by atomic mass is 10.2. The molecule has 2 aromatic rings. The van der Waals surface area contributed by atoms with Crippen molar-refractivity contribution in [1.29, 1.82) is 0 Å². The van der Waals surface area contributed by atoms with Gasteiger partial charge in [-0.15, -0.1) is 11.3 Å². The van der Waals surface area contributed by atoms with Crippen LogP contribution < -0.4 is 5.32 Å². The molecular weight excluding hydrogens is 222 g/mol. The first kappa shape index (κ1) is 9.74. The molecule has 0 aromatic carbocycles. The van der Waals surface area contributed by atoms with Gasteiger partial charge in [0.15, 0.2) is 6.23 Å². The number of nitrogens with zero attached hydrogens (tertiary/aromatic N) is 2. The molecule has 0 saturated carbocycles. The van der Waals surface area contributed by atoms with Gasteiger partial charge in [-0.05, 0) is 18.6 Å². The lowest BCUT2D eigenvalue weighted by molar-refractivity contribution is 0.114. The number of ether oxygens (including phenoxy) is 1. The summed E-state index contributed by atoms with van der Waals surface area (Å²) in [7, 11) is 1.67. The van der Waals surface area contributed by atoms with Gasteiger partial charge in [0.2, 0.25) is 0 Å². The van der Waals surface area contributed by atoms with E-state index in [1.807, 2.05) is 13.1 Å². The molecule has 1 aliphatic rings. The molecule has 0 amide bonds. The number of pyridine rings is 1. The zero-order chi connectivity index (χ0) is 11.1. The second-order valence-corrected chi connectivity index (χ2v) is 4.75. The molecule has 0 bridgehead atoms. The van der Waals surface area contributed by atoms with Gasteiger partial charge in [0.1, 0.15) is 4.83 Å². The van der Waals surface area contributed by atoms with Crippen molar-refractivity contribution in [3.8, 4) is 0 Å². The molecule has 1 unspecified atom stereocenters. The molecule has 4 nitrogen and oxygen atoms in total. The van der Waals surface area contributed by atoms with Crippen LogP contribution in [0, 0.1) is 6.92 Å². The van der Waals surface area contributed by atoms with Crippen LogP contribution in [0.2, 0.25) is 0 Å². The first-order valence-corrected chi connectivity index (χ1v) is 5.81. The van der Waals surface area contributed by atoms with E-state index in [9.17, 15) is 0 Å². The Balaban J connectivity index is 2.27. The van der Waals surface area contributed by atoms with Crippen molar-refractivity contribution in [1.82, 2.24) is 4.98 Å². The van der Waals surface area contributed by atoms with Crippen LogP contribution >= 0.6 is 11.3 Å². The number of aryl methyl sites for hydroxylation is 1.